The lowest BCUT2D eigenvalue weighted by Gasteiger charge is -1.98. The average Bonchev–Trinajstić information content (AvgIpc) is 2.91. The van der Waals surface area contributed by atoms with E-state index in [1.165, 1.54) is 154 Å². The highest BCUT2D eigenvalue weighted by atomic mass is 16.1. The summed E-state index contributed by atoms with van der Waals surface area (Å²) in [6, 6.07) is 0. The molecular formula is C37H66O. The molecule has 0 fully saturated rings. The Morgan fingerprint density at radius 3 is 0.868 bits per heavy atom. The van der Waals surface area contributed by atoms with E-state index in [-0.39, 0.29) is 0 Å². The molecule has 1 nitrogen and oxygen atoms in total. The van der Waals surface area contributed by atoms with Gasteiger partial charge in [-0.3, -0.25) is 0 Å². The lowest BCUT2D eigenvalue weighted by Crippen LogP contribution is -1.88. The number of Topliss-reactive ketones (excluding diaryl/α,β-unsaturated/α-hetero) is 1. The predicted molar refractivity (Wildman–Crippen MR) is 173 cm³/mol. The van der Waals surface area contributed by atoms with Gasteiger partial charge < -0.3 is 4.79 Å². The first-order valence-corrected chi connectivity index (χ1v) is 16.9. The quantitative estimate of drug-likeness (QED) is 0.0671. The smallest absolute Gasteiger partial charge is 0.129 e. The molecule has 0 aliphatic carbocycles. The molecule has 1 heteroatoms. The fraction of sp³-hybridized carbons (Fsp3) is 0.757. The van der Waals surface area contributed by atoms with Gasteiger partial charge in [-0.25, -0.2) is 0 Å². The van der Waals surface area contributed by atoms with Crippen LogP contribution in [0.25, 0.3) is 0 Å². The van der Waals surface area contributed by atoms with Gasteiger partial charge in [-0.05, 0) is 116 Å². The van der Waals surface area contributed by atoms with Gasteiger partial charge in [0.2, 0.25) is 0 Å². The van der Waals surface area contributed by atoms with Gasteiger partial charge in [-0.2, -0.15) is 0 Å². The lowest BCUT2D eigenvalue weighted by atomic mass is 10.1. The van der Waals surface area contributed by atoms with E-state index in [4.69, 9.17) is 0 Å². The van der Waals surface area contributed by atoms with Gasteiger partial charge >= 0.3 is 0 Å². The molecule has 0 aliphatic heterocycles. The summed E-state index contributed by atoms with van der Waals surface area (Å²) in [5.74, 6) is 0.326. The zero-order chi connectivity index (χ0) is 27.6. The topological polar surface area (TPSA) is 17.1 Å². The van der Waals surface area contributed by atoms with Crippen LogP contribution >= 0.6 is 0 Å². The van der Waals surface area contributed by atoms with E-state index in [1.807, 2.05) is 0 Å². The predicted octanol–water partition coefficient (Wildman–Crippen LogP) is 13.0. The summed E-state index contributed by atoms with van der Waals surface area (Å²) in [5.41, 5.74) is 0. The van der Waals surface area contributed by atoms with E-state index in [1.54, 1.807) is 6.92 Å². The van der Waals surface area contributed by atoms with E-state index in [0.717, 1.165) is 12.8 Å². The SMILES string of the molecule is CCCCCCCC=CCCCCCC=CCCCCCC=CCCCCCC=CCCCCCC(C)=O. The first-order valence-electron chi connectivity index (χ1n) is 16.9. The Hall–Kier alpha value is -1.37. The van der Waals surface area contributed by atoms with Crippen molar-refractivity contribution in [2.24, 2.45) is 0 Å². The first kappa shape index (κ1) is 36.6. The molecule has 0 aromatic carbocycles. The number of ketones is 1. The molecule has 0 bridgehead atoms. The van der Waals surface area contributed by atoms with Crippen LogP contribution in [0.2, 0.25) is 0 Å². The monoisotopic (exact) mass is 527 g/mol. The van der Waals surface area contributed by atoms with Crippen molar-refractivity contribution in [2.75, 3.05) is 0 Å². The van der Waals surface area contributed by atoms with E-state index in [9.17, 15) is 4.79 Å². The molecule has 220 valence electrons. The summed E-state index contributed by atoms with van der Waals surface area (Å²) in [6.45, 7) is 3.97. The molecule has 38 heavy (non-hydrogen) atoms. The molecule has 0 heterocycles. The number of rotatable bonds is 30. The van der Waals surface area contributed by atoms with Crippen LogP contribution in [0, 0.1) is 0 Å². The Balaban J connectivity index is 3.24. The van der Waals surface area contributed by atoms with Crippen molar-refractivity contribution in [2.45, 2.75) is 181 Å². The lowest BCUT2D eigenvalue weighted by molar-refractivity contribution is -0.117. The van der Waals surface area contributed by atoms with Crippen LogP contribution in [0.3, 0.4) is 0 Å². The summed E-state index contributed by atoms with van der Waals surface area (Å²) < 4.78 is 0. The summed E-state index contributed by atoms with van der Waals surface area (Å²) in [5, 5.41) is 0. The molecule has 0 atom stereocenters. The second kappa shape index (κ2) is 33.7. The van der Waals surface area contributed by atoms with E-state index < -0.39 is 0 Å². The van der Waals surface area contributed by atoms with Gasteiger partial charge in [-0.15, -0.1) is 0 Å². The summed E-state index contributed by atoms with van der Waals surface area (Å²) in [4.78, 5) is 10.9. The zero-order valence-corrected chi connectivity index (χ0v) is 25.9. The van der Waals surface area contributed by atoms with E-state index in [0.29, 0.717) is 5.78 Å². The molecule has 0 saturated carbocycles. The zero-order valence-electron chi connectivity index (χ0n) is 25.9. The highest BCUT2D eigenvalue weighted by molar-refractivity contribution is 5.75. The molecule has 0 amide bonds. The standard InChI is InChI=1S/C37H66O/c1-3-4-5-6-7-8-9-10-11-12-13-14-15-16-17-18-19-20-21-22-23-24-25-26-27-28-29-30-31-32-33-34-35-36-37(2)38/h9-10,16-17,23-24,30-31H,3-8,11-15,18-22,25-29,32-36H2,1-2H3. The summed E-state index contributed by atoms with van der Waals surface area (Å²) in [7, 11) is 0. The molecule has 0 N–H and O–H groups in total. The van der Waals surface area contributed by atoms with Crippen molar-refractivity contribution >= 4 is 5.78 Å². The van der Waals surface area contributed by atoms with Gasteiger partial charge in [0.1, 0.15) is 5.78 Å². The van der Waals surface area contributed by atoms with Gasteiger partial charge in [0, 0.05) is 6.42 Å². The normalized spacial score (nSPS) is 12.3. The maximum Gasteiger partial charge on any atom is 0.129 e. The van der Waals surface area contributed by atoms with Crippen LogP contribution in [0.4, 0.5) is 0 Å². The van der Waals surface area contributed by atoms with Gasteiger partial charge in [-0.1, -0.05) is 107 Å². The van der Waals surface area contributed by atoms with Crippen LogP contribution in [-0.4, -0.2) is 5.78 Å². The Morgan fingerprint density at radius 1 is 0.368 bits per heavy atom. The van der Waals surface area contributed by atoms with E-state index in [2.05, 4.69) is 55.5 Å². The molecule has 0 aromatic heterocycles. The third-order valence-electron chi connectivity index (χ3n) is 7.27. The highest BCUT2D eigenvalue weighted by Gasteiger charge is 1.93. The van der Waals surface area contributed by atoms with Crippen molar-refractivity contribution in [1.82, 2.24) is 0 Å². The van der Waals surface area contributed by atoms with Crippen molar-refractivity contribution < 1.29 is 4.79 Å². The molecule has 0 saturated heterocycles. The number of carbonyl (C=O) groups excluding carboxylic acids is 1. The highest BCUT2D eigenvalue weighted by Crippen LogP contribution is 2.10. The Bertz CT molecular complexity index is 580. The molecule has 0 spiro atoms. The number of hydrogen-bond donors (Lipinski definition) is 0. The van der Waals surface area contributed by atoms with E-state index >= 15 is 0 Å². The Morgan fingerprint density at radius 2 is 0.605 bits per heavy atom. The van der Waals surface area contributed by atoms with Crippen molar-refractivity contribution in [3.05, 3.63) is 48.6 Å². The maximum absolute atomic E-state index is 10.9. The number of unbranched alkanes of at least 4 members (excludes halogenated alkanes) is 20. The minimum absolute atomic E-state index is 0.326. The van der Waals surface area contributed by atoms with Crippen LogP contribution in [0.15, 0.2) is 48.6 Å². The molecule has 0 rings (SSSR count). The molecule has 0 aliphatic rings. The summed E-state index contributed by atoms with van der Waals surface area (Å²) in [6.07, 6.45) is 52.5. The maximum atomic E-state index is 10.9. The Labute approximate surface area is 239 Å². The first-order chi connectivity index (χ1) is 18.8. The molecule has 0 unspecified atom stereocenters. The average molecular weight is 527 g/mol. The van der Waals surface area contributed by atoms with Crippen molar-refractivity contribution in [3.8, 4) is 0 Å². The number of hydrogen-bond acceptors (Lipinski definition) is 1. The fourth-order valence-corrected chi connectivity index (χ4v) is 4.72. The van der Waals surface area contributed by atoms with Gasteiger partial charge in [0.15, 0.2) is 0 Å². The molecular weight excluding hydrogens is 460 g/mol. The van der Waals surface area contributed by atoms with Crippen molar-refractivity contribution in [1.29, 1.82) is 0 Å². The Kier molecular flexibility index (Phi) is 32.4. The second-order valence-corrected chi connectivity index (χ2v) is 11.3. The minimum atomic E-state index is 0.326. The van der Waals surface area contributed by atoms with Crippen LogP contribution in [0.1, 0.15) is 181 Å². The third-order valence-corrected chi connectivity index (χ3v) is 7.27. The fourth-order valence-electron chi connectivity index (χ4n) is 4.72. The second-order valence-electron chi connectivity index (χ2n) is 11.3. The largest absolute Gasteiger partial charge is 0.300 e. The number of allylic oxidation sites excluding steroid dienone is 8. The molecule has 0 aromatic rings. The van der Waals surface area contributed by atoms with Crippen LogP contribution in [-0.2, 0) is 4.79 Å². The van der Waals surface area contributed by atoms with Gasteiger partial charge in [0.05, 0.1) is 0 Å². The summed E-state index contributed by atoms with van der Waals surface area (Å²) >= 11 is 0. The van der Waals surface area contributed by atoms with Crippen LogP contribution in [0.5, 0.6) is 0 Å². The van der Waals surface area contributed by atoms with Gasteiger partial charge in [0.25, 0.3) is 0 Å². The third kappa shape index (κ3) is 34.6. The van der Waals surface area contributed by atoms with Crippen molar-refractivity contribution in [3.63, 3.8) is 0 Å². The van der Waals surface area contributed by atoms with Crippen LogP contribution < -0.4 is 0 Å². The minimum Gasteiger partial charge on any atom is -0.300 e. The number of carbonyl (C=O) groups is 1. The molecule has 0 radical (unpaired) electrons.